The van der Waals surface area contributed by atoms with Gasteiger partial charge in [-0.25, -0.2) is 0 Å². The molecule has 5 nitrogen and oxygen atoms in total. The minimum atomic E-state index is -0.182. The Labute approximate surface area is 142 Å². The van der Waals surface area contributed by atoms with Crippen molar-refractivity contribution in [3.8, 4) is 0 Å². The molecule has 2 aromatic rings. The van der Waals surface area contributed by atoms with Gasteiger partial charge in [0.05, 0.1) is 6.10 Å². The van der Waals surface area contributed by atoms with E-state index in [0.29, 0.717) is 12.6 Å². The van der Waals surface area contributed by atoms with Crippen molar-refractivity contribution in [3.05, 3.63) is 36.5 Å². The fourth-order valence-electron chi connectivity index (χ4n) is 4.17. The van der Waals surface area contributed by atoms with E-state index in [1.54, 1.807) is 0 Å². The van der Waals surface area contributed by atoms with E-state index in [1.807, 2.05) is 27.8 Å². The summed E-state index contributed by atoms with van der Waals surface area (Å²) in [6.07, 6.45) is 4.94. The Morgan fingerprint density at radius 1 is 1.08 bits per heavy atom. The molecule has 1 saturated carbocycles. The predicted molar refractivity (Wildman–Crippen MR) is 93.7 cm³/mol. The molecule has 0 bridgehead atoms. The summed E-state index contributed by atoms with van der Waals surface area (Å²) < 4.78 is 2.03. The van der Waals surface area contributed by atoms with E-state index in [2.05, 4.69) is 23.1 Å². The molecule has 1 aliphatic carbocycles. The van der Waals surface area contributed by atoms with Crippen molar-refractivity contribution in [2.75, 3.05) is 26.2 Å². The van der Waals surface area contributed by atoms with Crippen molar-refractivity contribution in [2.24, 2.45) is 0 Å². The number of para-hydroxylation sites is 1. The van der Waals surface area contributed by atoms with Gasteiger partial charge in [0.15, 0.2) is 0 Å². The highest BCUT2D eigenvalue weighted by Crippen LogP contribution is 2.25. The summed E-state index contributed by atoms with van der Waals surface area (Å²) in [5.74, 6) is 0.183. The molecule has 1 N–H and O–H groups in total. The van der Waals surface area contributed by atoms with Crippen LogP contribution < -0.4 is 0 Å². The van der Waals surface area contributed by atoms with E-state index in [0.717, 1.165) is 51.0 Å². The van der Waals surface area contributed by atoms with Gasteiger partial charge in [0.2, 0.25) is 5.91 Å². The lowest BCUT2D eigenvalue weighted by Crippen LogP contribution is -2.54. The number of aromatic nitrogens is 1. The van der Waals surface area contributed by atoms with Crippen LogP contribution in [0.4, 0.5) is 0 Å². The number of amides is 1. The quantitative estimate of drug-likeness (QED) is 0.933. The zero-order valence-electron chi connectivity index (χ0n) is 14.0. The van der Waals surface area contributed by atoms with Crippen LogP contribution >= 0.6 is 0 Å². The molecule has 1 aliphatic heterocycles. The number of rotatable bonds is 3. The Bertz CT molecular complexity index is 718. The molecule has 2 aliphatic rings. The van der Waals surface area contributed by atoms with Gasteiger partial charge in [-0.1, -0.05) is 18.2 Å². The molecule has 1 aromatic carbocycles. The van der Waals surface area contributed by atoms with E-state index < -0.39 is 0 Å². The first kappa shape index (κ1) is 15.7. The molecule has 128 valence electrons. The Morgan fingerprint density at radius 2 is 1.88 bits per heavy atom. The van der Waals surface area contributed by atoms with Crippen molar-refractivity contribution in [1.29, 1.82) is 0 Å². The second-order valence-electron chi connectivity index (χ2n) is 6.98. The number of fused-ring (bicyclic) bond motifs is 1. The molecular formula is C19H25N3O2. The van der Waals surface area contributed by atoms with Crippen molar-refractivity contribution >= 4 is 16.8 Å². The molecule has 2 heterocycles. The number of nitrogens with zero attached hydrogens (tertiary/aromatic N) is 3. The van der Waals surface area contributed by atoms with Crippen LogP contribution in [0.3, 0.4) is 0 Å². The Kier molecular flexibility index (Phi) is 4.29. The standard InChI is InChI=1S/C19H25N3O2/c23-18-7-3-6-17(18)20-10-12-21(13-11-20)19(24)14-22-9-8-15-4-1-2-5-16(15)22/h1-2,4-5,8-9,17-18,23H,3,6-7,10-14H2/t17-,18+/m1/s1. The maximum atomic E-state index is 12.6. The lowest BCUT2D eigenvalue weighted by Gasteiger charge is -2.39. The largest absolute Gasteiger partial charge is 0.391 e. The van der Waals surface area contributed by atoms with Crippen LogP contribution in [0.5, 0.6) is 0 Å². The third-order valence-electron chi connectivity index (χ3n) is 5.57. The summed E-state index contributed by atoms with van der Waals surface area (Å²) in [5, 5.41) is 11.2. The topological polar surface area (TPSA) is 48.7 Å². The van der Waals surface area contributed by atoms with E-state index >= 15 is 0 Å². The van der Waals surface area contributed by atoms with Gasteiger partial charge in [0.1, 0.15) is 6.54 Å². The molecule has 5 heteroatoms. The van der Waals surface area contributed by atoms with Gasteiger partial charge in [-0.3, -0.25) is 9.69 Å². The average Bonchev–Trinajstić information content (AvgIpc) is 3.22. The van der Waals surface area contributed by atoms with Gasteiger partial charge < -0.3 is 14.6 Å². The van der Waals surface area contributed by atoms with Crippen LogP contribution in [-0.2, 0) is 11.3 Å². The SMILES string of the molecule is O=C(Cn1ccc2ccccc21)N1CCN([C@@H]2CCC[C@@H]2O)CC1. The lowest BCUT2D eigenvalue weighted by molar-refractivity contribution is -0.134. The number of carbonyl (C=O) groups is 1. The summed E-state index contributed by atoms with van der Waals surface area (Å²) in [5.41, 5.74) is 1.11. The fourth-order valence-corrected chi connectivity index (χ4v) is 4.17. The smallest absolute Gasteiger partial charge is 0.242 e. The first-order valence-corrected chi connectivity index (χ1v) is 8.96. The minimum absolute atomic E-state index is 0.182. The maximum Gasteiger partial charge on any atom is 0.242 e. The van der Waals surface area contributed by atoms with Crippen molar-refractivity contribution < 1.29 is 9.90 Å². The van der Waals surface area contributed by atoms with Crippen LogP contribution in [0.1, 0.15) is 19.3 Å². The van der Waals surface area contributed by atoms with Crippen molar-refractivity contribution in [3.63, 3.8) is 0 Å². The second-order valence-corrected chi connectivity index (χ2v) is 6.98. The summed E-state index contributed by atoms with van der Waals surface area (Å²) in [6, 6.07) is 10.5. The Balaban J connectivity index is 1.36. The van der Waals surface area contributed by atoms with Crippen LogP contribution in [0.15, 0.2) is 36.5 Å². The van der Waals surface area contributed by atoms with Crippen LogP contribution in [-0.4, -0.2) is 63.7 Å². The zero-order chi connectivity index (χ0) is 16.5. The molecule has 2 atom stereocenters. The van der Waals surface area contributed by atoms with Gasteiger partial charge in [-0.2, -0.15) is 0 Å². The van der Waals surface area contributed by atoms with Crippen molar-refractivity contribution in [1.82, 2.24) is 14.4 Å². The summed E-state index contributed by atoms with van der Waals surface area (Å²) in [6.45, 7) is 3.68. The maximum absolute atomic E-state index is 12.6. The Hall–Kier alpha value is -1.85. The highest BCUT2D eigenvalue weighted by atomic mass is 16.3. The summed E-state index contributed by atoms with van der Waals surface area (Å²) in [4.78, 5) is 17.0. The normalized spacial score (nSPS) is 25.5. The monoisotopic (exact) mass is 327 g/mol. The number of aliphatic hydroxyl groups is 1. The van der Waals surface area contributed by atoms with Crippen molar-refractivity contribution in [2.45, 2.75) is 38.0 Å². The predicted octanol–water partition coefficient (Wildman–Crippen LogP) is 1.70. The van der Waals surface area contributed by atoms with Gasteiger partial charge in [-0.05, 0) is 36.8 Å². The molecule has 4 rings (SSSR count). The van der Waals surface area contributed by atoms with E-state index in [-0.39, 0.29) is 12.0 Å². The number of benzene rings is 1. The lowest BCUT2D eigenvalue weighted by atomic mass is 10.1. The highest BCUT2D eigenvalue weighted by Gasteiger charge is 2.33. The summed E-state index contributed by atoms with van der Waals surface area (Å²) >= 11 is 0. The first-order chi connectivity index (χ1) is 11.7. The van der Waals surface area contributed by atoms with Crippen LogP contribution in [0.2, 0.25) is 0 Å². The van der Waals surface area contributed by atoms with Crippen LogP contribution in [0.25, 0.3) is 10.9 Å². The minimum Gasteiger partial charge on any atom is -0.391 e. The zero-order valence-corrected chi connectivity index (χ0v) is 14.0. The van der Waals surface area contributed by atoms with E-state index in [9.17, 15) is 9.90 Å². The molecule has 1 saturated heterocycles. The number of aliphatic hydroxyl groups excluding tert-OH is 1. The molecule has 0 spiro atoms. The number of hydrogen-bond donors (Lipinski definition) is 1. The Morgan fingerprint density at radius 3 is 2.62 bits per heavy atom. The van der Waals surface area contributed by atoms with Gasteiger partial charge in [-0.15, -0.1) is 0 Å². The average molecular weight is 327 g/mol. The molecule has 0 unspecified atom stereocenters. The molecule has 1 amide bonds. The number of hydrogen-bond acceptors (Lipinski definition) is 3. The van der Waals surface area contributed by atoms with E-state index in [1.165, 1.54) is 5.39 Å². The third kappa shape index (κ3) is 2.94. The van der Waals surface area contributed by atoms with E-state index in [4.69, 9.17) is 0 Å². The fraction of sp³-hybridized carbons (Fsp3) is 0.526. The first-order valence-electron chi connectivity index (χ1n) is 8.96. The number of piperazine rings is 1. The van der Waals surface area contributed by atoms with Crippen LogP contribution in [0, 0.1) is 0 Å². The third-order valence-corrected chi connectivity index (χ3v) is 5.57. The summed E-state index contributed by atoms with van der Waals surface area (Å²) in [7, 11) is 0. The van der Waals surface area contributed by atoms with Gasteiger partial charge >= 0.3 is 0 Å². The number of carbonyl (C=O) groups excluding carboxylic acids is 1. The molecule has 2 fully saturated rings. The highest BCUT2D eigenvalue weighted by molar-refractivity contribution is 5.83. The molecular weight excluding hydrogens is 302 g/mol. The molecule has 0 radical (unpaired) electrons. The van der Waals surface area contributed by atoms with Gasteiger partial charge in [0, 0.05) is 43.9 Å². The molecule has 1 aromatic heterocycles. The second kappa shape index (κ2) is 6.57. The molecule has 24 heavy (non-hydrogen) atoms. The van der Waals surface area contributed by atoms with Gasteiger partial charge in [0.25, 0.3) is 0 Å².